The maximum Gasteiger partial charge on any atom is 0.243 e. The van der Waals surface area contributed by atoms with Gasteiger partial charge in [0.1, 0.15) is 0 Å². The molecular formula is C15H17BrN2O2S. The van der Waals surface area contributed by atoms with E-state index in [9.17, 15) is 8.42 Å². The first-order valence-corrected chi connectivity index (χ1v) is 8.61. The molecule has 0 aliphatic carbocycles. The summed E-state index contributed by atoms with van der Waals surface area (Å²) in [6, 6.07) is 12.3. The van der Waals surface area contributed by atoms with Crippen molar-refractivity contribution in [2.24, 2.45) is 0 Å². The van der Waals surface area contributed by atoms with Gasteiger partial charge in [0.05, 0.1) is 4.90 Å². The highest BCUT2D eigenvalue weighted by Crippen LogP contribution is 2.21. The minimum Gasteiger partial charge on any atom is -0.399 e. The van der Waals surface area contributed by atoms with E-state index in [4.69, 9.17) is 5.73 Å². The van der Waals surface area contributed by atoms with Gasteiger partial charge in [0.25, 0.3) is 0 Å². The fourth-order valence-corrected chi connectivity index (χ4v) is 3.66. The third-order valence-electron chi connectivity index (χ3n) is 3.24. The van der Waals surface area contributed by atoms with Crippen LogP contribution in [-0.4, -0.2) is 19.8 Å². The average molecular weight is 369 g/mol. The SMILES string of the molecule is Cc1cc(S(=O)(=O)N(C)Cc2cccc(Br)c2)ccc1N. The van der Waals surface area contributed by atoms with E-state index in [0.29, 0.717) is 12.2 Å². The first kappa shape index (κ1) is 16.0. The first-order valence-electron chi connectivity index (χ1n) is 6.37. The molecule has 112 valence electrons. The van der Waals surface area contributed by atoms with E-state index in [2.05, 4.69) is 15.9 Å². The van der Waals surface area contributed by atoms with Crippen LogP contribution < -0.4 is 5.73 Å². The van der Waals surface area contributed by atoms with Gasteiger partial charge in [-0.2, -0.15) is 4.31 Å². The minimum absolute atomic E-state index is 0.256. The number of rotatable bonds is 4. The Bertz CT molecular complexity index is 760. The zero-order chi connectivity index (χ0) is 15.6. The lowest BCUT2D eigenvalue weighted by Gasteiger charge is -2.18. The summed E-state index contributed by atoms with van der Waals surface area (Å²) >= 11 is 3.38. The zero-order valence-electron chi connectivity index (χ0n) is 11.9. The molecule has 0 aromatic heterocycles. The van der Waals surface area contributed by atoms with Crippen LogP contribution in [0.3, 0.4) is 0 Å². The van der Waals surface area contributed by atoms with Crippen LogP contribution in [0.25, 0.3) is 0 Å². The van der Waals surface area contributed by atoms with Crippen LogP contribution in [-0.2, 0) is 16.6 Å². The summed E-state index contributed by atoms with van der Waals surface area (Å²) in [5.41, 5.74) is 8.00. The second-order valence-electron chi connectivity index (χ2n) is 4.91. The monoisotopic (exact) mass is 368 g/mol. The maximum atomic E-state index is 12.6. The molecule has 0 unspecified atom stereocenters. The summed E-state index contributed by atoms with van der Waals surface area (Å²) in [4.78, 5) is 0.256. The van der Waals surface area contributed by atoms with Gasteiger partial charge in [0.2, 0.25) is 10.0 Å². The molecular weight excluding hydrogens is 352 g/mol. The highest BCUT2D eigenvalue weighted by atomic mass is 79.9. The highest BCUT2D eigenvalue weighted by Gasteiger charge is 2.21. The summed E-state index contributed by atoms with van der Waals surface area (Å²) in [5, 5.41) is 0. The molecule has 4 nitrogen and oxygen atoms in total. The van der Waals surface area contributed by atoms with E-state index < -0.39 is 10.0 Å². The summed E-state index contributed by atoms with van der Waals surface area (Å²) in [7, 11) is -1.96. The first-order chi connectivity index (χ1) is 9.80. The molecule has 2 rings (SSSR count). The normalized spacial score (nSPS) is 11.8. The van der Waals surface area contributed by atoms with Crippen molar-refractivity contribution in [1.82, 2.24) is 4.31 Å². The van der Waals surface area contributed by atoms with Crippen molar-refractivity contribution < 1.29 is 8.42 Å². The Labute approximate surface area is 133 Å². The number of aryl methyl sites for hydroxylation is 1. The Morgan fingerprint density at radius 2 is 1.90 bits per heavy atom. The van der Waals surface area contributed by atoms with Crippen molar-refractivity contribution in [1.29, 1.82) is 0 Å². The van der Waals surface area contributed by atoms with Crippen molar-refractivity contribution in [3.8, 4) is 0 Å². The predicted octanol–water partition coefficient (Wildman–Crippen LogP) is 3.16. The third kappa shape index (κ3) is 3.64. The molecule has 0 saturated heterocycles. The topological polar surface area (TPSA) is 63.4 Å². The Balaban J connectivity index is 2.28. The van der Waals surface area contributed by atoms with Crippen LogP contribution in [0, 0.1) is 6.92 Å². The number of nitrogens with two attached hydrogens (primary N) is 1. The van der Waals surface area contributed by atoms with E-state index in [1.54, 1.807) is 26.1 Å². The molecule has 2 aromatic carbocycles. The van der Waals surface area contributed by atoms with Gasteiger partial charge in [0.15, 0.2) is 0 Å². The maximum absolute atomic E-state index is 12.6. The lowest BCUT2D eigenvalue weighted by molar-refractivity contribution is 0.466. The van der Waals surface area contributed by atoms with E-state index in [0.717, 1.165) is 15.6 Å². The molecule has 21 heavy (non-hydrogen) atoms. The quantitative estimate of drug-likeness (QED) is 0.842. The van der Waals surface area contributed by atoms with Crippen LogP contribution in [0.5, 0.6) is 0 Å². The molecule has 0 saturated carbocycles. The fourth-order valence-electron chi connectivity index (χ4n) is 1.97. The van der Waals surface area contributed by atoms with Gasteiger partial charge in [-0.1, -0.05) is 28.1 Å². The number of anilines is 1. The van der Waals surface area contributed by atoms with Crippen molar-refractivity contribution in [2.45, 2.75) is 18.4 Å². The molecule has 6 heteroatoms. The number of nitrogen functional groups attached to an aromatic ring is 1. The molecule has 0 spiro atoms. The Hall–Kier alpha value is -1.37. The smallest absolute Gasteiger partial charge is 0.243 e. The lowest BCUT2D eigenvalue weighted by atomic mass is 10.2. The molecule has 0 atom stereocenters. The second-order valence-corrected chi connectivity index (χ2v) is 7.87. The molecule has 0 bridgehead atoms. The van der Waals surface area contributed by atoms with Crippen LogP contribution >= 0.6 is 15.9 Å². The third-order valence-corrected chi connectivity index (χ3v) is 5.54. The average Bonchev–Trinajstić information content (AvgIpc) is 2.41. The Morgan fingerprint density at radius 3 is 2.52 bits per heavy atom. The summed E-state index contributed by atoms with van der Waals surface area (Å²) in [5.74, 6) is 0. The molecule has 2 aromatic rings. The van der Waals surface area contributed by atoms with Crippen LogP contribution in [0.1, 0.15) is 11.1 Å². The summed E-state index contributed by atoms with van der Waals surface area (Å²) in [6.45, 7) is 2.11. The van der Waals surface area contributed by atoms with Gasteiger partial charge in [0, 0.05) is 23.8 Å². The van der Waals surface area contributed by atoms with Crippen LogP contribution in [0.15, 0.2) is 51.8 Å². The molecule has 2 N–H and O–H groups in total. The van der Waals surface area contributed by atoms with E-state index in [1.807, 2.05) is 24.3 Å². The van der Waals surface area contributed by atoms with Crippen molar-refractivity contribution in [3.05, 3.63) is 58.1 Å². The highest BCUT2D eigenvalue weighted by molar-refractivity contribution is 9.10. The molecule has 0 radical (unpaired) electrons. The van der Waals surface area contributed by atoms with E-state index in [-0.39, 0.29) is 4.90 Å². The van der Waals surface area contributed by atoms with Crippen molar-refractivity contribution in [2.75, 3.05) is 12.8 Å². The number of hydrogen-bond donors (Lipinski definition) is 1. The fraction of sp³-hybridized carbons (Fsp3) is 0.200. The van der Waals surface area contributed by atoms with Gasteiger partial charge in [-0.25, -0.2) is 8.42 Å². The van der Waals surface area contributed by atoms with E-state index in [1.165, 1.54) is 10.4 Å². The summed E-state index contributed by atoms with van der Waals surface area (Å²) in [6.07, 6.45) is 0. The van der Waals surface area contributed by atoms with Gasteiger partial charge in [-0.3, -0.25) is 0 Å². The number of benzene rings is 2. The Kier molecular flexibility index (Phi) is 4.70. The predicted molar refractivity (Wildman–Crippen MR) is 88.4 cm³/mol. The molecule has 0 aliphatic rings. The van der Waals surface area contributed by atoms with Crippen LogP contribution in [0.2, 0.25) is 0 Å². The largest absolute Gasteiger partial charge is 0.399 e. The molecule has 0 amide bonds. The van der Waals surface area contributed by atoms with Gasteiger partial charge in [-0.05, 0) is 48.4 Å². The van der Waals surface area contributed by atoms with E-state index >= 15 is 0 Å². The molecule has 0 aliphatic heterocycles. The van der Waals surface area contributed by atoms with Gasteiger partial charge in [-0.15, -0.1) is 0 Å². The number of sulfonamides is 1. The van der Waals surface area contributed by atoms with Crippen molar-refractivity contribution in [3.63, 3.8) is 0 Å². The van der Waals surface area contributed by atoms with Crippen LogP contribution in [0.4, 0.5) is 5.69 Å². The Morgan fingerprint density at radius 1 is 1.19 bits per heavy atom. The number of hydrogen-bond acceptors (Lipinski definition) is 3. The second kappa shape index (κ2) is 6.17. The number of halogens is 1. The molecule has 0 heterocycles. The molecule has 0 fully saturated rings. The van der Waals surface area contributed by atoms with Gasteiger partial charge >= 0.3 is 0 Å². The zero-order valence-corrected chi connectivity index (χ0v) is 14.3. The summed E-state index contributed by atoms with van der Waals surface area (Å²) < 4.78 is 27.4. The van der Waals surface area contributed by atoms with Crippen molar-refractivity contribution >= 4 is 31.6 Å². The number of nitrogens with zero attached hydrogens (tertiary/aromatic N) is 1. The standard InChI is InChI=1S/C15H17BrN2O2S/c1-11-8-14(6-7-15(11)17)21(19,20)18(2)10-12-4-3-5-13(16)9-12/h3-9H,10,17H2,1-2H3. The lowest BCUT2D eigenvalue weighted by Crippen LogP contribution is -2.26. The minimum atomic E-state index is -3.53. The van der Waals surface area contributed by atoms with Gasteiger partial charge < -0.3 is 5.73 Å².